The molecule has 0 atom stereocenters. The highest BCUT2D eigenvalue weighted by molar-refractivity contribution is 5.93. The molecule has 1 aromatic rings. The van der Waals surface area contributed by atoms with Crippen LogP contribution in [-0.4, -0.2) is 43.9 Å². The molecule has 4 N–H and O–H groups in total. The molecular formula is C17H28N4O2. The molecule has 0 aliphatic heterocycles. The predicted octanol–water partition coefficient (Wildman–Crippen LogP) is 2.03. The molecule has 0 saturated heterocycles. The molecule has 0 aromatic heterocycles. The van der Waals surface area contributed by atoms with Gasteiger partial charge in [-0.1, -0.05) is 12.8 Å². The largest absolute Gasteiger partial charge is 0.330 e. The zero-order valence-corrected chi connectivity index (χ0v) is 14.1. The van der Waals surface area contributed by atoms with Crippen LogP contribution in [0, 0.1) is 0 Å². The van der Waals surface area contributed by atoms with Crippen LogP contribution in [0.3, 0.4) is 0 Å². The van der Waals surface area contributed by atoms with Crippen molar-refractivity contribution in [1.82, 2.24) is 4.90 Å². The average molecular weight is 320 g/mol. The van der Waals surface area contributed by atoms with Gasteiger partial charge in [0.15, 0.2) is 0 Å². The number of benzene rings is 1. The summed E-state index contributed by atoms with van der Waals surface area (Å²) in [6.07, 6.45) is 4.52. The molecule has 1 rings (SSSR count). The standard InChI is InChI=1S/C17H28N4O2/c1-21(2)13-17(23)20-15-10-8-14(9-11-15)19-16(22)7-5-3-4-6-12-18/h8-11H,3-7,12-13,18H2,1-2H3,(H,19,22)(H,20,23). The first-order chi connectivity index (χ1) is 11.0. The second-order valence-corrected chi connectivity index (χ2v) is 5.86. The maximum Gasteiger partial charge on any atom is 0.238 e. The number of unbranched alkanes of at least 4 members (excludes halogenated alkanes) is 3. The van der Waals surface area contributed by atoms with Gasteiger partial charge in [0.2, 0.25) is 11.8 Å². The number of likely N-dealkylation sites (N-methyl/N-ethyl adjacent to an activating group) is 1. The van der Waals surface area contributed by atoms with E-state index < -0.39 is 0 Å². The summed E-state index contributed by atoms with van der Waals surface area (Å²) in [6.45, 7) is 1.05. The van der Waals surface area contributed by atoms with Crippen LogP contribution in [0.5, 0.6) is 0 Å². The number of nitrogens with zero attached hydrogens (tertiary/aromatic N) is 1. The molecule has 0 radical (unpaired) electrons. The van der Waals surface area contributed by atoms with Crippen molar-refractivity contribution in [3.8, 4) is 0 Å². The van der Waals surface area contributed by atoms with E-state index >= 15 is 0 Å². The van der Waals surface area contributed by atoms with Gasteiger partial charge < -0.3 is 21.3 Å². The molecule has 6 heteroatoms. The molecule has 0 bridgehead atoms. The third-order valence-electron chi connectivity index (χ3n) is 3.27. The highest BCUT2D eigenvalue weighted by atomic mass is 16.2. The normalized spacial score (nSPS) is 10.6. The van der Waals surface area contributed by atoms with Crippen LogP contribution in [-0.2, 0) is 9.59 Å². The van der Waals surface area contributed by atoms with Gasteiger partial charge in [-0.25, -0.2) is 0 Å². The SMILES string of the molecule is CN(C)CC(=O)Nc1ccc(NC(=O)CCCCCCN)cc1. The van der Waals surface area contributed by atoms with Crippen LogP contribution in [0.2, 0.25) is 0 Å². The number of rotatable bonds is 10. The van der Waals surface area contributed by atoms with Crippen LogP contribution < -0.4 is 16.4 Å². The first kappa shape index (κ1) is 19.1. The fraction of sp³-hybridized carbons (Fsp3) is 0.529. The topological polar surface area (TPSA) is 87.5 Å². The number of hydrogen-bond donors (Lipinski definition) is 3. The lowest BCUT2D eigenvalue weighted by Crippen LogP contribution is -2.27. The Labute approximate surface area is 138 Å². The van der Waals surface area contributed by atoms with Crippen molar-refractivity contribution in [2.75, 3.05) is 37.8 Å². The Kier molecular flexibility index (Phi) is 8.94. The number of nitrogens with two attached hydrogens (primary N) is 1. The molecule has 0 aliphatic rings. The zero-order valence-electron chi connectivity index (χ0n) is 14.1. The second kappa shape index (κ2) is 10.7. The van der Waals surface area contributed by atoms with Crippen molar-refractivity contribution < 1.29 is 9.59 Å². The minimum absolute atomic E-state index is 0.0159. The molecule has 2 amide bonds. The first-order valence-electron chi connectivity index (χ1n) is 8.06. The van der Waals surface area contributed by atoms with Gasteiger partial charge in [-0.3, -0.25) is 9.59 Å². The number of carbonyl (C=O) groups excluding carboxylic acids is 2. The van der Waals surface area contributed by atoms with Gasteiger partial charge in [-0.05, 0) is 57.7 Å². The molecule has 0 heterocycles. The summed E-state index contributed by atoms with van der Waals surface area (Å²) in [5.74, 6) is -0.0496. The Balaban J connectivity index is 2.33. The van der Waals surface area contributed by atoms with Crippen molar-refractivity contribution in [3.05, 3.63) is 24.3 Å². The summed E-state index contributed by atoms with van der Waals surface area (Å²) >= 11 is 0. The van der Waals surface area contributed by atoms with Crippen molar-refractivity contribution in [2.24, 2.45) is 5.73 Å². The maximum absolute atomic E-state index is 11.8. The van der Waals surface area contributed by atoms with Crippen molar-refractivity contribution in [3.63, 3.8) is 0 Å². The number of amides is 2. The number of nitrogens with one attached hydrogen (secondary N) is 2. The van der Waals surface area contributed by atoms with Crippen molar-refractivity contribution >= 4 is 23.2 Å². The molecule has 0 fully saturated rings. The second-order valence-electron chi connectivity index (χ2n) is 5.86. The molecule has 0 unspecified atom stereocenters. The summed E-state index contributed by atoms with van der Waals surface area (Å²) in [5, 5.41) is 5.67. The van der Waals surface area contributed by atoms with Crippen LogP contribution in [0.1, 0.15) is 32.1 Å². The van der Waals surface area contributed by atoms with E-state index in [0.717, 1.165) is 37.1 Å². The zero-order chi connectivity index (χ0) is 17.1. The minimum Gasteiger partial charge on any atom is -0.330 e. The third-order valence-corrected chi connectivity index (χ3v) is 3.27. The molecule has 23 heavy (non-hydrogen) atoms. The van der Waals surface area contributed by atoms with Crippen LogP contribution in [0.15, 0.2) is 24.3 Å². The lowest BCUT2D eigenvalue weighted by Gasteiger charge is -2.11. The van der Waals surface area contributed by atoms with E-state index in [1.165, 1.54) is 0 Å². The highest BCUT2D eigenvalue weighted by Gasteiger charge is 2.05. The van der Waals surface area contributed by atoms with E-state index in [-0.39, 0.29) is 11.8 Å². The summed E-state index contributed by atoms with van der Waals surface area (Å²) in [4.78, 5) is 25.3. The Bertz CT molecular complexity index is 486. The van der Waals surface area contributed by atoms with E-state index in [0.29, 0.717) is 19.5 Å². The lowest BCUT2D eigenvalue weighted by molar-refractivity contribution is -0.117. The smallest absolute Gasteiger partial charge is 0.238 e. The molecule has 6 nitrogen and oxygen atoms in total. The summed E-state index contributed by atoms with van der Waals surface area (Å²) < 4.78 is 0. The molecule has 0 spiro atoms. The van der Waals surface area contributed by atoms with E-state index in [1.807, 2.05) is 14.1 Å². The van der Waals surface area contributed by atoms with Gasteiger partial charge in [-0.15, -0.1) is 0 Å². The van der Waals surface area contributed by atoms with Crippen molar-refractivity contribution in [2.45, 2.75) is 32.1 Å². The fourth-order valence-electron chi connectivity index (χ4n) is 2.13. The van der Waals surface area contributed by atoms with Crippen LogP contribution in [0.25, 0.3) is 0 Å². The first-order valence-corrected chi connectivity index (χ1v) is 8.06. The fourth-order valence-corrected chi connectivity index (χ4v) is 2.13. The van der Waals surface area contributed by atoms with E-state index in [2.05, 4.69) is 10.6 Å². The Morgan fingerprint density at radius 1 is 0.913 bits per heavy atom. The molecule has 1 aromatic carbocycles. The number of hydrogen-bond acceptors (Lipinski definition) is 4. The number of carbonyl (C=O) groups is 2. The van der Waals surface area contributed by atoms with Gasteiger partial charge in [0, 0.05) is 17.8 Å². The lowest BCUT2D eigenvalue weighted by atomic mass is 10.1. The highest BCUT2D eigenvalue weighted by Crippen LogP contribution is 2.14. The van der Waals surface area contributed by atoms with Gasteiger partial charge in [0.1, 0.15) is 0 Å². The van der Waals surface area contributed by atoms with Gasteiger partial charge in [-0.2, -0.15) is 0 Å². The Morgan fingerprint density at radius 2 is 1.43 bits per heavy atom. The molecule has 0 saturated carbocycles. The molecule has 128 valence electrons. The van der Waals surface area contributed by atoms with Crippen LogP contribution in [0.4, 0.5) is 11.4 Å². The van der Waals surface area contributed by atoms with Gasteiger partial charge in [0.25, 0.3) is 0 Å². The van der Waals surface area contributed by atoms with Crippen molar-refractivity contribution in [1.29, 1.82) is 0 Å². The summed E-state index contributed by atoms with van der Waals surface area (Å²) in [5.41, 5.74) is 6.89. The summed E-state index contributed by atoms with van der Waals surface area (Å²) in [6, 6.07) is 7.14. The van der Waals surface area contributed by atoms with Gasteiger partial charge in [0.05, 0.1) is 6.54 Å². The van der Waals surface area contributed by atoms with E-state index in [4.69, 9.17) is 5.73 Å². The van der Waals surface area contributed by atoms with E-state index in [9.17, 15) is 9.59 Å². The maximum atomic E-state index is 11.8. The molecule has 0 aliphatic carbocycles. The number of anilines is 2. The Morgan fingerprint density at radius 3 is 1.96 bits per heavy atom. The third kappa shape index (κ3) is 8.95. The van der Waals surface area contributed by atoms with Crippen LogP contribution >= 0.6 is 0 Å². The van der Waals surface area contributed by atoms with E-state index in [1.54, 1.807) is 29.2 Å². The monoisotopic (exact) mass is 320 g/mol. The minimum atomic E-state index is -0.0655. The Hall–Kier alpha value is -1.92. The summed E-state index contributed by atoms with van der Waals surface area (Å²) in [7, 11) is 3.68. The van der Waals surface area contributed by atoms with Gasteiger partial charge >= 0.3 is 0 Å². The quantitative estimate of drug-likeness (QED) is 0.576. The predicted molar refractivity (Wildman–Crippen MR) is 94.4 cm³/mol. The molecular weight excluding hydrogens is 292 g/mol. The average Bonchev–Trinajstić information content (AvgIpc) is 2.48.